The number of rotatable bonds is 0. The summed E-state index contributed by atoms with van der Waals surface area (Å²) < 4.78 is 72.0. The minimum Gasteiger partial charge on any atom is -0.251 e. The average Bonchev–Trinajstić information content (AvgIpc) is 2.01. The molecule has 14 heavy (non-hydrogen) atoms. The summed E-state index contributed by atoms with van der Waals surface area (Å²) in [4.78, 5) is 2.64. The molecule has 7 heteroatoms. The summed E-state index contributed by atoms with van der Waals surface area (Å²) in [6.45, 7) is 0. The van der Waals surface area contributed by atoms with Crippen molar-refractivity contribution in [3.8, 4) is 0 Å². The van der Waals surface area contributed by atoms with Crippen LogP contribution in [0.25, 0.3) is 0 Å². The largest absolute Gasteiger partial charge is 0.433 e. The Morgan fingerprint density at radius 2 is 1.57 bits per heavy atom. The number of pyridine rings is 1. The van der Waals surface area contributed by atoms with Crippen molar-refractivity contribution in [3.63, 3.8) is 0 Å². The van der Waals surface area contributed by atoms with Gasteiger partial charge in [0, 0.05) is 6.20 Å². The third-order valence-electron chi connectivity index (χ3n) is 1.29. The number of hydrogen-bond acceptors (Lipinski definition) is 1. The van der Waals surface area contributed by atoms with E-state index in [4.69, 9.17) is 0 Å². The van der Waals surface area contributed by atoms with E-state index < -0.39 is 23.6 Å². The lowest BCUT2D eigenvalue weighted by Gasteiger charge is -2.12. The summed E-state index contributed by atoms with van der Waals surface area (Å²) in [5, 5.41) is 0. The summed E-state index contributed by atoms with van der Waals surface area (Å²) in [7, 11) is 0. The molecule has 0 N–H and O–H groups in total. The first-order valence-corrected chi connectivity index (χ1v) is 3.24. The fourth-order valence-corrected chi connectivity index (χ4v) is 0.796. The van der Waals surface area contributed by atoms with Crippen LogP contribution in [0.1, 0.15) is 11.3 Å². The maximum atomic E-state index is 12.0. The monoisotopic (exact) mass is 214 g/mol. The highest BCUT2D eigenvalue weighted by atomic mass is 19.4. The summed E-state index contributed by atoms with van der Waals surface area (Å²) >= 11 is 0. The zero-order chi connectivity index (χ0) is 11.0. The van der Waals surface area contributed by atoms with Gasteiger partial charge in [0.25, 0.3) is 0 Å². The number of nitrogens with zero attached hydrogens (tertiary/aromatic N) is 1. The number of halogens is 6. The van der Waals surface area contributed by atoms with Crippen molar-refractivity contribution in [2.45, 2.75) is 12.4 Å². The predicted molar refractivity (Wildman–Crippen MR) is 33.1 cm³/mol. The molecule has 1 aromatic rings. The molecule has 0 aromatic carbocycles. The van der Waals surface area contributed by atoms with Crippen molar-refractivity contribution < 1.29 is 26.3 Å². The molecule has 0 saturated heterocycles. The summed E-state index contributed by atoms with van der Waals surface area (Å²) in [5.41, 5.74) is -3.86. The molecule has 0 bridgehead atoms. The molecule has 1 heterocycles. The zero-order valence-electron chi connectivity index (χ0n) is 6.37. The minimum absolute atomic E-state index is 0.609. The van der Waals surface area contributed by atoms with E-state index in [9.17, 15) is 26.3 Å². The van der Waals surface area contributed by atoms with Crippen LogP contribution in [0.2, 0.25) is 0 Å². The van der Waals surface area contributed by atoms with E-state index >= 15 is 0 Å². The fraction of sp³-hybridized carbons (Fsp3) is 0.286. The number of aromatic nitrogens is 1. The molecule has 0 aliphatic carbocycles. The smallest absolute Gasteiger partial charge is 0.251 e. The quantitative estimate of drug-likeness (QED) is 0.605. The van der Waals surface area contributed by atoms with Crippen LogP contribution in [0.5, 0.6) is 0 Å². The van der Waals surface area contributed by atoms with Gasteiger partial charge >= 0.3 is 12.4 Å². The van der Waals surface area contributed by atoms with Crippen LogP contribution < -0.4 is 0 Å². The number of hydrogen-bond donors (Lipinski definition) is 0. The summed E-state index contributed by atoms with van der Waals surface area (Å²) in [6, 6.07) is 2.15. The van der Waals surface area contributed by atoms with Crippen molar-refractivity contribution in [1.29, 1.82) is 0 Å². The molecule has 0 aliphatic rings. The Balaban J connectivity index is 3.31. The Bertz CT molecular complexity index is 293. The van der Waals surface area contributed by atoms with Gasteiger partial charge in [-0.05, 0) is 12.1 Å². The molecule has 0 aliphatic heterocycles. The van der Waals surface area contributed by atoms with Crippen molar-refractivity contribution in [2.24, 2.45) is 0 Å². The van der Waals surface area contributed by atoms with E-state index in [1.807, 2.05) is 0 Å². The van der Waals surface area contributed by atoms with Crippen LogP contribution in [-0.2, 0) is 12.4 Å². The Hall–Kier alpha value is -1.27. The van der Waals surface area contributed by atoms with Gasteiger partial charge in [0.2, 0.25) is 0 Å². The molecule has 1 aromatic heterocycles. The fourth-order valence-electron chi connectivity index (χ4n) is 0.796. The highest BCUT2D eigenvalue weighted by Gasteiger charge is 2.44. The van der Waals surface area contributed by atoms with E-state index in [1.165, 1.54) is 6.07 Å². The lowest BCUT2D eigenvalue weighted by Crippen LogP contribution is -2.18. The standard InChI is InChI=1S/C7H2F6N/c8-6(9,10)4-2-1-3-14-5(4)7(11,12)13/h1,3H. The Labute approximate surface area is 74.4 Å². The van der Waals surface area contributed by atoms with Gasteiger partial charge < -0.3 is 0 Å². The first-order chi connectivity index (χ1) is 6.23. The van der Waals surface area contributed by atoms with Gasteiger partial charge in [0.05, 0.1) is 5.56 Å². The van der Waals surface area contributed by atoms with Crippen LogP contribution in [0.15, 0.2) is 12.3 Å². The first kappa shape index (κ1) is 10.8. The molecule has 0 saturated carbocycles. The van der Waals surface area contributed by atoms with Crippen LogP contribution in [0.3, 0.4) is 0 Å². The molecule has 77 valence electrons. The normalized spacial score (nSPS) is 13.0. The van der Waals surface area contributed by atoms with Gasteiger partial charge in [-0.15, -0.1) is 0 Å². The van der Waals surface area contributed by atoms with Gasteiger partial charge in [-0.1, -0.05) is 0 Å². The van der Waals surface area contributed by atoms with E-state index in [-0.39, 0.29) is 0 Å². The van der Waals surface area contributed by atoms with Gasteiger partial charge in [0.1, 0.15) is 0 Å². The maximum Gasteiger partial charge on any atom is 0.433 e. The predicted octanol–water partition coefficient (Wildman–Crippen LogP) is 2.92. The molecule has 1 radical (unpaired) electrons. The third-order valence-corrected chi connectivity index (χ3v) is 1.29. The van der Waals surface area contributed by atoms with Crippen molar-refractivity contribution in [1.82, 2.24) is 4.98 Å². The van der Waals surface area contributed by atoms with Crippen LogP contribution in [-0.4, -0.2) is 4.98 Å². The highest BCUT2D eigenvalue weighted by molar-refractivity contribution is 5.23. The first-order valence-electron chi connectivity index (χ1n) is 3.24. The van der Waals surface area contributed by atoms with E-state index in [1.54, 1.807) is 0 Å². The van der Waals surface area contributed by atoms with E-state index in [0.717, 1.165) is 0 Å². The second-order valence-electron chi connectivity index (χ2n) is 2.31. The lowest BCUT2D eigenvalue weighted by atomic mass is 10.2. The third kappa shape index (κ3) is 2.15. The molecule has 0 fully saturated rings. The van der Waals surface area contributed by atoms with Gasteiger partial charge in [0.15, 0.2) is 5.69 Å². The molecular weight excluding hydrogens is 212 g/mol. The van der Waals surface area contributed by atoms with Gasteiger partial charge in [-0.25, -0.2) is 0 Å². The molecule has 0 amide bonds. The second kappa shape index (κ2) is 3.14. The zero-order valence-corrected chi connectivity index (χ0v) is 6.37. The number of alkyl halides is 6. The van der Waals surface area contributed by atoms with Crippen molar-refractivity contribution in [3.05, 3.63) is 29.6 Å². The molecule has 1 rings (SSSR count). The Morgan fingerprint density at radius 3 is 1.93 bits per heavy atom. The molecule has 0 unspecified atom stereocenters. The van der Waals surface area contributed by atoms with Crippen molar-refractivity contribution >= 4 is 0 Å². The topological polar surface area (TPSA) is 12.9 Å². The van der Waals surface area contributed by atoms with Crippen LogP contribution in [0, 0.1) is 6.07 Å². The molecule has 0 spiro atoms. The Morgan fingerprint density at radius 1 is 1.00 bits per heavy atom. The van der Waals surface area contributed by atoms with Gasteiger partial charge in [-0.2, -0.15) is 26.3 Å². The lowest BCUT2D eigenvalue weighted by molar-refractivity contribution is -0.164. The van der Waals surface area contributed by atoms with Crippen LogP contribution >= 0.6 is 0 Å². The second-order valence-corrected chi connectivity index (χ2v) is 2.31. The maximum absolute atomic E-state index is 12.0. The molecular formula is C7H2F6N. The van der Waals surface area contributed by atoms with Crippen molar-refractivity contribution in [2.75, 3.05) is 0 Å². The summed E-state index contributed by atoms with van der Waals surface area (Å²) in [6.07, 6.45) is -9.61. The SMILES string of the molecule is FC(F)(F)c1[c]ccnc1C(F)(F)F. The summed E-state index contributed by atoms with van der Waals surface area (Å²) in [5.74, 6) is 0. The van der Waals surface area contributed by atoms with E-state index in [2.05, 4.69) is 4.98 Å². The van der Waals surface area contributed by atoms with E-state index in [0.29, 0.717) is 12.3 Å². The highest BCUT2D eigenvalue weighted by Crippen LogP contribution is 2.38. The average molecular weight is 214 g/mol. The minimum atomic E-state index is -5.12. The molecule has 1 nitrogen and oxygen atoms in total. The Kier molecular flexibility index (Phi) is 2.43. The van der Waals surface area contributed by atoms with Gasteiger partial charge in [-0.3, -0.25) is 4.98 Å². The molecule has 0 atom stereocenters. The van der Waals surface area contributed by atoms with Crippen LogP contribution in [0.4, 0.5) is 26.3 Å².